The molecule has 0 aliphatic heterocycles. The Balaban J connectivity index is 3.25. The zero-order valence-electron chi connectivity index (χ0n) is 9.33. The van der Waals surface area contributed by atoms with E-state index in [1.54, 1.807) is 12.1 Å². The van der Waals surface area contributed by atoms with Gasteiger partial charge in [-0.25, -0.2) is 0 Å². The summed E-state index contributed by atoms with van der Waals surface area (Å²) in [5.41, 5.74) is 1.32. The van der Waals surface area contributed by atoms with Crippen molar-refractivity contribution in [3.63, 3.8) is 0 Å². The Morgan fingerprint density at radius 1 is 1.40 bits per heavy atom. The number of ether oxygens (including phenoxy) is 1. The van der Waals surface area contributed by atoms with Crippen molar-refractivity contribution in [3.05, 3.63) is 23.3 Å². The second kappa shape index (κ2) is 4.82. The van der Waals surface area contributed by atoms with Gasteiger partial charge in [0.2, 0.25) is 0 Å². The van der Waals surface area contributed by atoms with Gasteiger partial charge >= 0.3 is 0 Å². The van der Waals surface area contributed by atoms with Crippen molar-refractivity contribution in [2.24, 2.45) is 0 Å². The Hall–Kier alpha value is -1.51. The van der Waals surface area contributed by atoms with E-state index < -0.39 is 0 Å². The zero-order chi connectivity index (χ0) is 11.4. The fourth-order valence-electron chi connectivity index (χ4n) is 1.40. The van der Waals surface area contributed by atoms with Gasteiger partial charge in [0, 0.05) is 5.56 Å². The molecule has 0 heterocycles. The van der Waals surface area contributed by atoms with Crippen LogP contribution >= 0.6 is 0 Å². The maximum absolute atomic E-state index is 11.2. The summed E-state index contributed by atoms with van der Waals surface area (Å²) in [7, 11) is 0. The van der Waals surface area contributed by atoms with Crippen LogP contribution in [0.25, 0.3) is 0 Å². The average molecular weight is 208 g/mol. The topological polar surface area (TPSA) is 46.5 Å². The third-order valence-corrected chi connectivity index (χ3v) is 2.24. The highest BCUT2D eigenvalue weighted by Gasteiger charge is 2.11. The van der Waals surface area contributed by atoms with E-state index in [1.165, 1.54) is 6.92 Å². The predicted molar refractivity (Wildman–Crippen MR) is 58.7 cm³/mol. The number of carbonyl (C=O) groups excluding carboxylic acids is 1. The molecule has 1 aromatic rings. The first-order valence-electron chi connectivity index (χ1n) is 5.09. The second-order valence-corrected chi connectivity index (χ2v) is 3.32. The highest BCUT2D eigenvalue weighted by molar-refractivity contribution is 5.95. The van der Waals surface area contributed by atoms with Crippen LogP contribution in [0.1, 0.15) is 36.7 Å². The maximum Gasteiger partial charge on any atom is 0.161 e. The molecule has 3 nitrogen and oxygen atoms in total. The number of hydrogen-bond donors (Lipinski definition) is 1. The van der Waals surface area contributed by atoms with Crippen LogP contribution in [-0.4, -0.2) is 17.5 Å². The molecule has 0 saturated heterocycles. The summed E-state index contributed by atoms with van der Waals surface area (Å²) in [6, 6.07) is 3.29. The summed E-state index contributed by atoms with van der Waals surface area (Å²) in [6.07, 6.45) is 0.674. The molecule has 0 aromatic heterocycles. The largest absolute Gasteiger partial charge is 0.504 e. The van der Waals surface area contributed by atoms with Gasteiger partial charge in [0.25, 0.3) is 0 Å². The molecule has 1 rings (SSSR count). The number of phenolic OH excluding ortho intramolecular Hbond substituents is 1. The third kappa shape index (κ3) is 2.49. The highest BCUT2D eigenvalue weighted by atomic mass is 16.5. The van der Waals surface area contributed by atoms with Crippen LogP contribution in [0.4, 0.5) is 0 Å². The SMILES string of the molecule is CCOc1cc(C(C)=O)cc(CC)c1O. The first kappa shape index (κ1) is 11.6. The molecule has 0 aliphatic carbocycles. The smallest absolute Gasteiger partial charge is 0.161 e. The summed E-state index contributed by atoms with van der Waals surface area (Å²) >= 11 is 0. The molecule has 0 radical (unpaired) electrons. The number of Topliss-reactive ketones (excluding diaryl/α,β-unsaturated/α-hetero) is 1. The number of phenols is 1. The molecule has 0 spiro atoms. The Kier molecular flexibility index (Phi) is 3.72. The number of aryl methyl sites for hydroxylation is 1. The number of benzene rings is 1. The zero-order valence-corrected chi connectivity index (χ0v) is 9.33. The number of ketones is 1. The monoisotopic (exact) mass is 208 g/mol. The van der Waals surface area contributed by atoms with Crippen molar-refractivity contribution in [1.82, 2.24) is 0 Å². The Morgan fingerprint density at radius 3 is 2.53 bits per heavy atom. The fraction of sp³-hybridized carbons (Fsp3) is 0.417. The first-order chi connectivity index (χ1) is 7.10. The van der Waals surface area contributed by atoms with Crippen LogP contribution in [0, 0.1) is 0 Å². The van der Waals surface area contributed by atoms with Gasteiger partial charge in [-0.05, 0) is 38.0 Å². The van der Waals surface area contributed by atoms with E-state index in [9.17, 15) is 9.90 Å². The summed E-state index contributed by atoms with van der Waals surface area (Å²) < 4.78 is 5.27. The van der Waals surface area contributed by atoms with E-state index in [4.69, 9.17) is 4.74 Å². The molecular weight excluding hydrogens is 192 g/mol. The molecule has 1 aromatic carbocycles. The Bertz CT molecular complexity index is 369. The van der Waals surface area contributed by atoms with E-state index in [1.807, 2.05) is 13.8 Å². The Labute approximate surface area is 89.7 Å². The molecule has 0 fully saturated rings. The molecule has 1 N–H and O–H groups in total. The van der Waals surface area contributed by atoms with Crippen molar-refractivity contribution < 1.29 is 14.6 Å². The van der Waals surface area contributed by atoms with Gasteiger partial charge in [0.15, 0.2) is 17.3 Å². The third-order valence-electron chi connectivity index (χ3n) is 2.24. The molecule has 15 heavy (non-hydrogen) atoms. The van der Waals surface area contributed by atoms with Gasteiger partial charge in [-0.2, -0.15) is 0 Å². The van der Waals surface area contributed by atoms with Crippen LogP contribution in [0.2, 0.25) is 0 Å². The lowest BCUT2D eigenvalue weighted by atomic mass is 10.0. The fourth-order valence-corrected chi connectivity index (χ4v) is 1.40. The number of aromatic hydroxyl groups is 1. The van der Waals surface area contributed by atoms with Gasteiger partial charge in [-0.1, -0.05) is 6.92 Å². The standard InChI is InChI=1S/C12H16O3/c1-4-9-6-10(8(3)13)7-11(12(9)14)15-5-2/h6-7,14H,4-5H2,1-3H3. The van der Waals surface area contributed by atoms with Crippen LogP contribution < -0.4 is 4.74 Å². The number of rotatable bonds is 4. The Morgan fingerprint density at radius 2 is 2.07 bits per heavy atom. The summed E-state index contributed by atoms with van der Waals surface area (Å²) in [6.45, 7) is 5.74. The van der Waals surface area contributed by atoms with Gasteiger partial charge < -0.3 is 9.84 Å². The first-order valence-corrected chi connectivity index (χ1v) is 5.09. The quantitative estimate of drug-likeness (QED) is 0.773. The van der Waals surface area contributed by atoms with Crippen molar-refractivity contribution in [2.75, 3.05) is 6.61 Å². The van der Waals surface area contributed by atoms with E-state index in [-0.39, 0.29) is 11.5 Å². The van der Waals surface area contributed by atoms with E-state index in [0.717, 1.165) is 5.56 Å². The molecule has 0 bridgehead atoms. The lowest BCUT2D eigenvalue weighted by Crippen LogP contribution is -1.99. The van der Waals surface area contributed by atoms with Crippen LogP contribution in [-0.2, 0) is 6.42 Å². The van der Waals surface area contributed by atoms with Gasteiger partial charge in [0.05, 0.1) is 6.61 Å². The highest BCUT2D eigenvalue weighted by Crippen LogP contribution is 2.32. The van der Waals surface area contributed by atoms with Crippen molar-refractivity contribution in [1.29, 1.82) is 0 Å². The molecule has 82 valence electrons. The predicted octanol–water partition coefficient (Wildman–Crippen LogP) is 2.56. The minimum atomic E-state index is -0.0225. The lowest BCUT2D eigenvalue weighted by Gasteiger charge is -2.10. The molecule has 0 saturated carbocycles. The van der Waals surface area contributed by atoms with Crippen molar-refractivity contribution >= 4 is 5.78 Å². The maximum atomic E-state index is 11.2. The summed E-state index contributed by atoms with van der Waals surface area (Å²) in [5.74, 6) is 0.511. The van der Waals surface area contributed by atoms with Gasteiger partial charge in [0.1, 0.15) is 0 Å². The average Bonchev–Trinajstić information content (AvgIpc) is 2.21. The molecule has 0 atom stereocenters. The molecule has 0 amide bonds. The van der Waals surface area contributed by atoms with Gasteiger partial charge in [-0.3, -0.25) is 4.79 Å². The number of hydrogen-bond acceptors (Lipinski definition) is 3. The normalized spacial score (nSPS) is 10.1. The molecule has 3 heteroatoms. The molecule has 0 aliphatic rings. The molecular formula is C12H16O3. The van der Waals surface area contributed by atoms with Crippen molar-refractivity contribution in [3.8, 4) is 11.5 Å². The van der Waals surface area contributed by atoms with E-state index in [0.29, 0.717) is 24.3 Å². The van der Waals surface area contributed by atoms with Crippen molar-refractivity contribution in [2.45, 2.75) is 27.2 Å². The number of carbonyl (C=O) groups is 1. The van der Waals surface area contributed by atoms with Crippen LogP contribution in [0.5, 0.6) is 11.5 Å². The summed E-state index contributed by atoms with van der Waals surface area (Å²) in [4.78, 5) is 11.2. The second-order valence-electron chi connectivity index (χ2n) is 3.32. The lowest BCUT2D eigenvalue weighted by molar-refractivity contribution is 0.101. The minimum Gasteiger partial charge on any atom is -0.504 e. The molecule has 0 unspecified atom stereocenters. The van der Waals surface area contributed by atoms with Crippen LogP contribution in [0.3, 0.4) is 0 Å². The summed E-state index contributed by atoms with van der Waals surface area (Å²) in [5, 5.41) is 9.79. The van der Waals surface area contributed by atoms with E-state index >= 15 is 0 Å². The minimum absolute atomic E-state index is 0.0225. The van der Waals surface area contributed by atoms with Gasteiger partial charge in [-0.15, -0.1) is 0 Å². The van der Waals surface area contributed by atoms with Crippen LogP contribution in [0.15, 0.2) is 12.1 Å². The van der Waals surface area contributed by atoms with E-state index in [2.05, 4.69) is 0 Å².